The molecule has 0 bridgehead atoms. The Morgan fingerprint density at radius 1 is 1.25 bits per heavy atom. The van der Waals surface area contributed by atoms with Crippen LogP contribution in [0.4, 0.5) is 24.9 Å². The van der Waals surface area contributed by atoms with Gasteiger partial charge >= 0.3 is 6.18 Å². The summed E-state index contributed by atoms with van der Waals surface area (Å²) in [7, 11) is 0. The third kappa shape index (κ3) is 3.32. The topological polar surface area (TPSA) is 55.0 Å². The van der Waals surface area contributed by atoms with E-state index in [0.29, 0.717) is 24.9 Å². The average molecular weight is 288 g/mol. The summed E-state index contributed by atoms with van der Waals surface area (Å²) in [6, 6.07) is 0.978. The highest BCUT2D eigenvalue weighted by molar-refractivity contribution is 5.44. The molecule has 0 atom stereocenters. The predicted molar refractivity (Wildman–Crippen MR) is 71.2 cm³/mol. The molecule has 1 aliphatic heterocycles. The second-order valence-electron chi connectivity index (χ2n) is 5.54. The van der Waals surface area contributed by atoms with Gasteiger partial charge in [-0.05, 0) is 24.7 Å². The Morgan fingerprint density at radius 3 is 2.35 bits per heavy atom. The molecule has 0 aromatic carbocycles. The molecule has 0 spiro atoms. The Bertz CT molecular complexity index is 465. The fraction of sp³-hybridized carbons (Fsp3) is 0.692. The van der Waals surface area contributed by atoms with Crippen molar-refractivity contribution in [1.29, 1.82) is 0 Å². The summed E-state index contributed by atoms with van der Waals surface area (Å²) in [5.41, 5.74) is 4.41. The van der Waals surface area contributed by atoms with Gasteiger partial charge in [0.25, 0.3) is 0 Å². The van der Waals surface area contributed by atoms with Crippen LogP contribution in [-0.2, 0) is 6.18 Å². The van der Waals surface area contributed by atoms with Crippen LogP contribution in [0.2, 0.25) is 0 Å². The summed E-state index contributed by atoms with van der Waals surface area (Å²) in [6.45, 7) is 5.75. The summed E-state index contributed by atoms with van der Waals surface area (Å²) < 4.78 is 38.2. The van der Waals surface area contributed by atoms with Crippen LogP contribution in [0.25, 0.3) is 0 Å². The van der Waals surface area contributed by atoms with Crippen molar-refractivity contribution in [1.82, 2.24) is 9.97 Å². The van der Waals surface area contributed by atoms with Crippen LogP contribution in [0.1, 0.15) is 32.4 Å². The van der Waals surface area contributed by atoms with Gasteiger partial charge < -0.3 is 10.6 Å². The van der Waals surface area contributed by atoms with Crippen molar-refractivity contribution >= 4 is 11.8 Å². The van der Waals surface area contributed by atoms with Crippen molar-refractivity contribution in [3.63, 3.8) is 0 Å². The Morgan fingerprint density at radius 2 is 1.85 bits per heavy atom. The predicted octanol–water partition coefficient (Wildman–Crippen LogP) is 2.95. The van der Waals surface area contributed by atoms with Gasteiger partial charge in [0.15, 0.2) is 5.69 Å². The lowest BCUT2D eigenvalue weighted by atomic mass is 9.87. The molecule has 1 saturated heterocycles. The highest BCUT2D eigenvalue weighted by Gasteiger charge is 2.34. The van der Waals surface area contributed by atoms with Gasteiger partial charge in [0, 0.05) is 19.2 Å². The molecule has 2 rings (SSSR count). The second kappa shape index (κ2) is 5.46. The number of nitrogen functional groups attached to an aromatic ring is 1. The molecule has 0 unspecified atom stereocenters. The number of hydrogen-bond acceptors (Lipinski definition) is 4. The molecule has 0 radical (unpaired) electrons. The van der Waals surface area contributed by atoms with E-state index in [1.54, 1.807) is 0 Å². The van der Waals surface area contributed by atoms with E-state index in [1.807, 2.05) is 4.90 Å². The fourth-order valence-corrected chi connectivity index (χ4v) is 2.56. The first-order valence-electron chi connectivity index (χ1n) is 6.74. The molecule has 20 heavy (non-hydrogen) atoms. The molecule has 2 heterocycles. The zero-order valence-electron chi connectivity index (χ0n) is 11.6. The molecule has 0 aliphatic carbocycles. The highest BCUT2D eigenvalue weighted by Crippen LogP contribution is 2.32. The molecule has 112 valence electrons. The van der Waals surface area contributed by atoms with Gasteiger partial charge in [-0.3, -0.25) is 0 Å². The third-order valence-corrected chi connectivity index (χ3v) is 3.83. The van der Waals surface area contributed by atoms with E-state index in [1.165, 1.54) is 0 Å². The van der Waals surface area contributed by atoms with Crippen LogP contribution in [0.3, 0.4) is 0 Å². The maximum Gasteiger partial charge on any atom is 0.433 e. The summed E-state index contributed by atoms with van der Waals surface area (Å²) in [5, 5.41) is 0. The molecule has 0 amide bonds. The Hall–Kier alpha value is -1.53. The number of piperidine rings is 1. The molecule has 4 nitrogen and oxygen atoms in total. The number of hydrogen-bond donors (Lipinski definition) is 1. The Kier molecular flexibility index (Phi) is 4.06. The van der Waals surface area contributed by atoms with Crippen molar-refractivity contribution in [3.05, 3.63) is 11.8 Å². The van der Waals surface area contributed by atoms with E-state index in [4.69, 9.17) is 5.73 Å². The monoisotopic (exact) mass is 288 g/mol. The van der Waals surface area contributed by atoms with Crippen LogP contribution < -0.4 is 10.6 Å². The van der Waals surface area contributed by atoms with E-state index in [2.05, 4.69) is 23.8 Å². The molecular weight excluding hydrogens is 269 g/mol. The summed E-state index contributed by atoms with van der Waals surface area (Å²) >= 11 is 0. The van der Waals surface area contributed by atoms with E-state index in [9.17, 15) is 13.2 Å². The Balaban J connectivity index is 2.16. The lowest BCUT2D eigenvalue weighted by Gasteiger charge is -2.34. The third-order valence-electron chi connectivity index (χ3n) is 3.83. The quantitative estimate of drug-likeness (QED) is 0.909. The first-order chi connectivity index (χ1) is 9.27. The summed E-state index contributed by atoms with van der Waals surface area (Å²) in [5.74, 6) is 1.15. The fourth-order valence-electron chi connectivity index (χ4n) is 2.56. The minimum atomic E-state index is -4.50. The maximum absolute atomic E-state index is 12.7. The van der Waals surface area contributed by atoms with Gasteiger partial charge in [0.2, 0.25) is 5.95 Å². The van der Waals surface area contributed by atoms with E-state index < -0.39 is 11.9 Å². The van der Waals surface area contributed by atoms with E-state index in [0.717, 1.165) is 18.9 Å². The molecule has 0 saturated carbocycles. The van der Waals surface area contributed by atoms with Crippen molar-refractivity contribution in [2.45, 2.75) is 32.9 Å². The standard InChI is InChI=1S/C13H19F3N4/c1-8(2)9-3-5-20(6-4-9)11-7-10(13(14,15)16)18-12(17)19-11/h7-9H,3-6H2,1-2H3,(H2,17,18,19). The first-order valence-corrected chi connectivity index (χ1v) is 6.74. The zero-order valence-corrected chi connectivity index (χ0v) is 11.6. The number of nitrogens with zero attached hydrogens (tertiary/aromatic N) is 3. The van der Waals surface area contributed by atoms with Crippen LogP contribution in [-0.4, -0.2) is 23.1 Å². The first kappa shape index (κ1) is 14.9. The van der Waals surface area contributed by atoms with Crippen molar-refractivity contribution in [3.8, 4) is 0 Å². The smallest absolute Gasteiger partial charge is 0.368 e. The van der Waals surface area contributed by atoms with Gasteiger partial charge in [0.05, 0.1) is 0 Å². The van der Waals surface area contributed by atoms with Crippen molar-refractivity contribution < 1.29 is 13.2 Å². The second-order valence-corrected chi connectivity index (χ2v) is 5.54. The molecule has 1 aromatic rings. The largest absolute Gasteiger partial charge is 0.433 e. The van der Waals surface area contributed by atoms with Crippen molar-refractivity contribution in [2.75, 3.05) is 23.7 Å². The SMILES string of the molecule is CC(C)C1CCN(c2cc(C(F)(F)F)nc(N)n2)CC1. The minimum absolute atomic E-state index is 0.270. The number of halogens is 3. The van der Waals surface area contributed by atoms with Crippen LogP contribution in [0.5, 0.6) is 0 Å². The van der Waals surface area contributed by atoms with Crippen molar-refractivity contribution in [2.24, 2.45) is 11.8 Å². The minimum Gasteiger partial charge on any atom is -0.368 e. The lowest BCUT2D eigenvalue weighted by Crippen LogP contribution is -2.36. The Labute approximate surface area is 116 Å². The highest BCUT2D eigenvalue weighted by atomic mass is 19.4. The molecule has 1 aliphatic rings. The van der Waals surface area contributed by atoms with E-state index in [-0.39, 0.29) is 11.8 Å². The van der Waals surface area contributed by atoms with Crippen LogP contribution >= 0.6 is 0 Å². The maximum atomic E-state index is 12.7. The number of rotatable bonds is 2. The summed E-state index contributed by atoms with van der Waals surface area (Å²) in [6.07, 6.45) is -2.58. The van der Waals surface area contributed by atoms with Gasteiger partial charge in [-0.2, -0.15) is 18.2 Å². The lowest BCUT2D eigenvalue weighted by molar-refractivity contribution is -0.141. The number of nitrogens with two attached hydrogens (primary N) is 1. The van der Waals surface area contributed by atoms with Gasteiger partial charge in [-0.1, -0.05) is 13.8 Å². The number of anilines is 2. The number of alkyl halides is 3. The molecule has 1 aromatic heterocycles. The molecule has 1 fully saturated rings. The molecular formula is C13H19F3N4. The van der Waals surface area contributed by atoms with Gasteiger partial charge in [-0.15, -0.1) is 0 Å². The van der Waals surface area contributed by atoms with E-state index >= 15 is 0 Å². The molecule has 7 heteroatoms. The van der Waals surface area contributed by atoms with Crippen LogP contribution in [0.15, 0.2) is 6.07 Å². The van der Waals surface area contributed by atoms with Gasteiger partial charge in [0.1, 0.15) is 5.82 Å². The normalized spacial score (nSPS) is 17.8. The number of aromatic nitrogens is 2. The van der Waals surface area contributed by atoms with Crippen LogP contribution in [0, 0.1) is 11.8 Å². The zero-order chi connectivity index (χ0) is 14.9. The van der Waals surface area contributed by atoms with Gasteiger partial charge in [-0.25, -0.2) is 4.98 Å². The summed E-state index contributed by atoms with van der Waals surface area (Å²) in [4.78, 5) is 9.04. The average Bonchev–Trinajstić information content (AvgIpc) is 2.37. The molecule has 2 N–H and O–H groups in total.